The standard InChI is InChI=1S/C27H24FN5O2/c1-17-16-19(12-13-20(17)28)26-31-24(35-32-26)15-14-23(34)30-25(18-8-4-3-5-9-18)27-29-21-10-6-7-11-22(21)33(27)2/h3-13,16,25H,14-15H2,1-2H3,(H,30,34). The van der Waals surface area contributed by atoms with Crippen LogP contribution in [0.25, 0.3) is 22.4 Å². The van der Waals surface area contributed by atoms with Gasteiger partial charge in [0.2, 0.25) is 17.6 Å². The molecule has 1 amide bonds. The molecule has 0 spiro atoms. The fraction of sp³-hybridized carbons (Fsp3) is 0.185. The molecule has 0 fully saturated rings. The average molecular weight is 470 g/mol. The number of carbonyl (C=O) groups excluding carboxylic acids is 1. The van der Waals surface area contributed by atoms with Crippen LogP contribution in [0.3, 0.4) is 0 Å². The summed E-state index contributed by atoms with van der Waals surface area (Å²) in [4.78, 5) is 22.1. The quantitative estimate of drug-likeness (QED) is 0.366. The van der Waals surface area contributed by atoms with Crippen molar-refractivity contribution < 1.29 is 13.7 Å². The van der Waals surface area contributed by atoms with E-state index in [-0.39, 0.29) is 24.6 Å². The van der Waals surface area contributed by atoms with Crippen LogP contribution in [0.4, 0.5) is 4.39 Å². The topological polar surface area (TPSA) is 85.8 Å². The minimum atomic E-state index is -0.415. The maximum Gasteiger partial charge on any atom is 0.227 e. The van der Waals surface area contributed by atoms with Gasteiger partial charge in [0, 0.05) is 25.5 Å². The molecule has 5 rings (SSSR count). The summed E-state index contributed by atoms with van der Waals surface area (Å²) in [5.41, 5.74) is 3.96. The maximum absolute atomic E-state index is 13.5. The number of para-hydroxylation sites is 2. The number of amides is 1. The zero-order valence-electron chi connectivity index (χ0n) is 19.4. The first-order chi connectivity index (χ1) is 17.0. The molecule has 0 aliphatic rings. The Labute approximate surface area is 201 Å². The number of halogens is 1. The van der Waals surface area contributed by atoms with E-state index in [9.17, 15) is 9.18 Å². The molecule has 8 heteroatoms. The van der Waals surface area contributed by atoms with Crippen molar-refractivity contribution in [2.75, 3.05) is 0 Å². The van der Waals surface area contributed by atoms with Crippen molar-refractivity contribution in [3.8, 4) is 11.4 Å². The van der Waals surface area contributed by atoms with Crippen LogP contribution in [0.15, 0.2) is 77.3 Å². The molecule has 5 aromatic rings. The average Bonchev–Trinajstić information content (AvgIpc) is 3.48. The van der Waals surface area contributed by atoms with Gasteiger partial charge in [-0.15, -0.1) is 0 Å². The molecule has 1 N–H and O–H groups in total. The number of nitrogens with zero attached hydrogens (tertiary/aromatic N) is 4. The maximum atomic E-state index is 13.5. The number of imidazole rings is 1. The van der Waals surface area contributed by atoms with E-state index in [1.54, 1.807) is 19.1 Å². The summed E-state index contributed by atoms with van der Waals surface area (Å²) in [6.07, 6.45) is 0.445. The molecule has 7 nitrogen and oxygen atoms in total. The minimum Gasteiger partial charge on any atom is -0.342 e. The molecule has 0 saturated carbocycles. The highest BCUT2D eigenvalue weighted by Gasteiger charge is 2.23. The monoisotopic (exact) mass is 469 g/mol. The Bertz CT molecular complexity index is 1490. The molecular formula is C27H24FN5O2. The number of aromatic nitrogens is 4. The van der Waals surface area contributed by atoms with Gasteiger partial charge in [0.1, 0.15) is 17.7 Å². The summed E-state index contributed by atoms with van der Waals surface area (Å²) < 4.78 is 20.9. The van der Waals surface area contributed by atoms with E-state index < -0.39 is 6.04 Å². The van der Waals surface area contributed by atoms with E-state index in [1.165, 1.54) is 6.07 Å². The molecule has 2 aromatic heterocycles. The second kappa shape index (κ2) is 9.50. The van der Waals surface area contributed by atoms with Gasteiger partial charge in [-0.25, -0.2) is 9.37 Å². The van der Waals surface area contributed by atoms with Crippen LogP contribution in [-0.2, 0) is 18.3 Å². The Kier molecular flexibility index (Phi) is 6.10. The van der Waals surface area contributed by atoms with Crippen LogP contribution in [0, 0.1) is 12.7 Å². The van der Waals surface area contributed by atoms with Crippen molar-refractivity contribution in [1.29, 1.82) is 0 Å². The zero-order chi connectivity index (χ0) is 24.4. The third-order valence-corrected chi connectivity index (χ3v) is 5.97. The van der Waals surface area contributed by atoms with Gasteiger partial charge in [-0.05, 0) is 48.4 Å². The van der Waals surface area contributed by atoms with E-state index in [0.29, 0.717) is 22.8 Å². The van der Waals surface area contributed by atoms with Crippen LogP contribution < -0.4 is 5.32 Å². The zero-order valence-corrected chi connectivity index (χ0v) is 19.4. The van der Waals surface area contributed by atoms with Crippen molar-refractivity contribution in [1.82, 2.24) is 25.0 Å². The number of benzene rings is 3. The molecule has 0 aliphatic heterocycles. The molecular weight excluding hydrogens is 445 g/mol. The Balaban J connectivity index is 1.32. The van der Waals surface area contributed by atoms with Gasteiger partial charge < -0.3 is 14.4 Å². The highest BCUT2D eigenvalue weighted by Crippen LogP contribution is 2.25. The number of hydrogen-bond acceptors (Lipinski definition) is 5. The molecule has 35 heavy (non-hydrogen) atoms. The molecule has 3 aromatic carbocycles. The molecule has 0 saturated heterocycles. The smallest absolute Gasteiger partial charge is 0.227 e. The van der Waals surface area contributed by atoms with Gasteiger partial charge >= 0.3 is 0 Å². The first-order valence-electron chi connectivity index (χ1n) is 11.3. The van der Waals surface area contributed by atoms with E-state index in [2.05, 4.69) is 15.5 Å². The van der Waals surface area contributed by atoms with Crippen LogP contribution in [0.1, 0.15) is 35.3 Å². The van der Waals surface area contributed by atoms with Crippen molar-refractivity contribution in [2.45, 2.75) is 25.8 Å². The molecule has 0 radical (unpaired) electrons. The number of hydrogen-bond donors (Lipinski definition) is 1. The van der Waals surface area contributed by atoms with E-state index in [4.69, 9.17) is 9.51 Å². The van der Waals surface area contributed by atoms with Gasteiger partial charge in [0.25, 0.3) is 0 Å². The van der Waals surface area contributed by atoms with Gasteiger partial charge in [-0.1, -0.05) is 47.6 Å². The van der Waals surface area contributed by atoms with Crippen molar-refractivity contribution in [3.63, 3.8) is 0 Å². The predicted molar refractivity (Wildman–Crippen MR) is 130 cm³/mol. The number of aryl methyl sites for hydroxylation is 3. The van der Waals surface area contributed by atoms with Crippen LogP contribution in [0.5, 0.6) is 0 Å². The van der Waals surface area contributed by atoms with Gasteiger partial charge in [-0.2, -0.15) is 4.98 Å². The summed E-state index contributed by atoms with van der Waals surface area (Å²) in [7, 11) is 1.95. The second-order valence-electron chi connectivity index (χ2n) is 8.40. The summed E-state index contributed by atoms with van der Waals surface area (Å²) in [5.74, 6) is 1.00. The molecule has 1 unspecified atom stereocenters. The van der Waals surface area contributed by atoms with Crippen molar-refractivity contribution >= 4 is 16.9 Å². The summed E-state index contributed by atoms with van der Waals surface area (Å²) in [5, 5.41) is 7.09. The molecule has 0 bridgehead atoms. The summed E-state index contributed by atoms with van der Waals surface area (Å²) in [6, 6.07) is 21.9. The Morgan fingerprint density at radius 2 is 1.83 bits per heavy atom. The Morgan fingerprint density at radius 1 is 1.06 bits per heavy atom. The number of rotatable bonds is 7. The number of carbonyl (C=O) groups is 1. The Morgan fingerprint density at radius 3 is 2.60 bits per heavy atom. The summed E-state index contributed by atoms with van der Waals surface area (Å²) in [6.45, 7) is 1.68. The highest BCUT2D eigenvalue weighted by molar-refractivity contribution is 5.78. The van der Waals surface area contributed by atoms with Gasteiger partial charge in [0.05, 0.1) is 11.0 Å². The molecule has 2 heterocycles. The highest BCUT2D eigenvalue weighted by atomic mass is 19.1. The number of nitrogens with one attached hydrogen (secondary N) is 1. The van der Waals surface area contributed by atoms with E-state index in [1.807, 2.05) is 66.2 Å². The van der Waals surface area contributed by atoms with Crippen LogP contribution >= 0.6 is 0 Å². The first-order valence-corrected chi connectivity index (χ1v) is 11.3. The van der Waals surface area contributed by atoms with Gasteiger partial charge in [0.15, 0.2) is 0 Å². The lowest BCUT2D eigenvalue weighted by molar-refractivity contribution is -0.121. The van der Waals surface area contributed by atoms with Crippen LogP contribution in [-0.4, -0.2) is 25.6 Å². The fourth-order valence-electron chi connectivity index (χ4n) is 4.08. The summed E-state index contributed by atoms with van der Waals surface area (Å²) >= 11 is 0. The third kappa shape index (κ3) is 4.68. The predicted octanol–water partition coefficient (Wildman–Crippen LogP) is 4.91. The third-order valence-electron chi connectivity index (χ3n) is 5.97. The molecule has 176 valence electrons. The SMILES string of the molecule is Cc1cc(-c2noc(CCC(=O)NC(c3ccccc3)c3nc4ccccc4n3C)n2)ccc1F. The fourth-order valence-corrected chi connectivity index (χ4v) is 4.08. The second-order valence-corrected chi connectivity index (χ2v) is 8.40. The lowest BCUT2D eigenvalue weighted by atomic mass is 10.1. The molecule has 1 atom stereocenters. The minimum absolute atomic E-state index is 0.164. The van der Waals surface area contributed by atoms with Crippen molar-refractivity contribution in [2.24, 2.45) is 7.05 Å². The lowest BCUT2D eigenvalue weighted by Gasteiger charge is -2.19. The number of fused-ring (bicyclic) bond motifs is 1. The normalized spacial score (nSPS) is 12.1. The first kappa shape index (κ1) is 22.5. The van der Waals surface area contributed by atoms with Gasteiger partial charge in [-0.3, -0.25) is 4.79 Å². The largest absolute Gasteiger partial charge is 0.342 e. The van der Waals surface area contributed by atoms with E-state index >= 15 is 0 Å². The molecule has 0 aliphatic carbocycles. The Hall–Kier alpha value is -4.33. The van der Waals surface area contributed by atoms with Crippen molar-refractivity contribution in [3.05, 3.63) is 101 Å². The lowest BCUT2D eigenvalue weighted by Crippen LogP contribution is -2.31. The van der Waals surface area contributed by atoms with E-state index in [0.717, 1.165) is 22.4 Å². The van der Waals surface area contributed by atoms with Crippen LogP contribution in [0.2, 0.25) is 0 Å².